The van der Waals surface area contributed by atoms with Gasteiger partial charge in [-0.2, -0.15) is 0 Å². The third-order valence-corrected chi connectivity index (χ3v) is 6.06. The van der Waals surface area contributed by atoms with Gasteiger partial charge in [0, 0.05) is 13.1 Å². The Labute approximate surface area is 201 Å². The van der Waals surface area contributed by atoms with Crippen LogP contribution in [0.2, 0.25) is 0 Å². The molecule has 1 N–H and O–H groups in total. The predicted octanol–water partition coefficient (Wildman–Crippen LogP) is 5.26. The van der Waals surface area contributed by atoms with E-state index in [1.54, 1.807) is 20.8 Å². The Kier molecular flexibility index (Phi) is 12.1. The monoisotopic (exact) mass is 461 g/mol. The molecule has 0 radical (unpaired) electrons. The first kappa shape index (κ1) is 29.2. The van der Waals surface area contributed by atoms with E-state index in [1.165, 1.54) is 28.7 Å². The van der Waals surface area contributed by atoms with Crippen molar-refractivity contribution in [2.45, 2.75) is 112 Å². The normalized spacial score (nSPS) is 13.9. The van der Waals surface area contributed by atoms with Crippen LogP contribution in [0, 0.1) is 13.8 Å². The first-order chi connectivity index (χ1) is 15.4. The number of nitrogens with zero attached hydrogens (tertiary/aromatic N) is 1. The van der Waals surface area contributed by atoms with Crippen molar-refractivity contribution in [2.75, 3.05) is 19.7 Å². The molecular formula is C28H47NO4. The fourth-order valence-corrected chi connectivity index (χ4v) is 4.58. The molecule has 1 aliphatic rings. The highest BCUT2D eigenvalue weighted by molar-refractivity contribution is 5.82. The zero-order valence-electron chi connectivity index (χ0n) is 22.4. The summed E-state index contributed by atoms with van der Waals surface area (Å²) in [6.07, 6.45) is 7.07. The van der Waals surface area contributed by atoms with Gasteiger partial charge < -0.3 is 14.7 Å². The van der Waals surface area contributed by atoms with Crippen LogP contribution in [0.1, 0.15) is 101 Å². The number of esters is 1. The van der Waals surface area contributed by atoms with Gasteiger partial charge in [0.1, 0.15) is 0 Å². The summed E-state index contributed by atoms with van der Waals surface area (Å²) < 4.78 is 5.23. The van der Waals surface area contributed by atoms with Crippen molar-refractivity contribution in [1.82, 2.24) is 4.90 Å². The van der Waals surface area contributed by atoms with Gasteiger partial charge in [-0.1, -0.05) is 20.3 Å². The first-order valence-electron chi connectivity index (χ1n) is 12.7. The van der Waals surface area contributed by atoms with Gasteiger partial charge in [0.2, 0.25) is 5.91 Å². The summed E-state index contributed by atoms with van der Waals surface area (Å²) in [5.41, 5.74) is 6.66. The minimum Gasteiger partial charge on any atom is -0.466 e. The first-order valence-corrected chi connectivity index (χ1v) is 12.7. The van der Waals surface area contributed by atoms with Crippen molar-refractivity contribution < 1.29 is 19.4 Å². The summed E-state index contributed by atoms with van der Waals surface area (Å²) in [4.78, 5) is 27.3. The molecule has 33 heavy (non-hydrogen) atoms. The van der Waals surface area contributed by atoms with Gasteiger partial charge in [0.25, 0.3) is 0 Å². The molecule has 188 valence electrons. The largest absolute Gasteiger partial charge is 0.466 e. The Bertz CT molecular complexity index is 780. The molecular weight excluding hydrogens is 414 g/mol. The Morgan fingerprint density at radius 2 is 1.39 bits per heavy atom. The minimum atomic E-state index is -0.500. The van der Waals surface area contributed by atoms with E-state index < -0.39 is 5.60 Å². The Hall–Kier alpha value is -1.88. The third-order valence-electron chi connectivity index (χ3n) is 6.06. The fraction of sp³-hybridized carbons (Fsp3) is 0.714. The number of aliphatic hydroxyl groups is 1. The van der Waals surface area contributed by atoms with Crippen molar-refractivity contribution >= 4 is 11.9 Å². The van der Waals surface area contributed by atoms with Crippen LogP contribution in [0.5, 0.6) is 0 Å². The van der Waals surface area contributed by atoms with E-state index in [4.69, 9.17) is 9.84 Å². The Morgan fingerprint density at radius 1 is 0.879 bits per heavy atom. The molecule has 1 heterocycles. The van der Waals surface area contributed by atoms with Gasteiger partial charge in [-0.3, -0.25) is 9.59 Å². The van der Waals surface area contributed by atoms with Crippen LogP contribution in [0.4, 0.5) is 0 Å². The molecule has 0 spiro atoms. The number of piperidine rings is 1. The van der Waals surface area contributed by atoms with Crippen molar-refractivity contribution in [3.8, 4) is 0 Å². The number of ether oxygens (including phenoxy) is 1. The van der Waals surface area contributed by atoms with Crippen LogP contribution in [0.15, 0.2) is 0 Å². The lowest BCUT2D eigenvalue weighted by atomic mass is 9.82. The zero-order valence-corrected chi connectivity index (χ0v) is 22.4. The van der Waals surface area contributed by atoms with Crippen molar-refractivity contribution in [3.05, 3.63) is 33.4 Å². The average molecular weight is 462 g/mol. The molecule has 0 bridgehead atoms. The molecule has 1 aromatic carbocycles. The average Bonchev–Trinajstić information content (AvgIpc) is 2.74. The van der Waals surface area contributed by atoms with Crippen molar-refractivity contribution in [1.29, 1.82) is 0 Å². The molecule has 0 aromatic heterocycles. The van der Waals surface area contributed by atoms with Crippen LogP contribution in [0.3, 0.4) is 0 Å². The third kappa shape index (κ3) is 9.48. The quantitative estimate of drug-likeness (QED) is 0.537. The lowest BCUT2D eigenvalue weighted by molar-refractivity contribution is -0.142. The summed E-state index contributed by atoms with van der Waals surface area (Å²) in [5.74, 6) is -0.0130. The number of carbonyl (C=O) groups is 2. The second-order valence-corrected chi connectivity index (χ2v) is 10.0. The number of hydrogen-bond donors (Lipinski definition) is 1. The van der Waals surface area contributed by atoms with E-state index in [1.807, 2.05) is 11.8 Å². The van der Waals surface area contributed by atoms with Gasteiger partial charge in [-0.15, -0.1) is 0 Å². The molecule has 1 aliphatic heterocycles. The van der Waals surface area contributed by atoms with E-state index in [9.17, 15) is 9.59 Å². The number of amides is 1. The van der Waals surface area contributed by atoms with Crippen molar-refractivity contribution in [3.63, 3.8) is 0 Å². The van der Waals surface area contributed by atoms with E-state index in [0.717, 1.165) is 56.3 Å². The maximum atomic E-state index is 13.0. The molecule has 0 atom stereocenters. The molecule has 2 rings (SSSR count). The smallest absolute Gasteiger partial charge is 0.310 e. The highest BCUT2D eigenvalue weighted by Gasteiger charge is 2.24. The SMILES string of the molecule is CC(C)(C)O.CCCc1c(C)c(CC(=O)N2CCCCC2)c(CC(=O)OCC)c(C)c1CC. The summed E-state index contributed by atoms with van der Waals surface area (Å²) in [5, 5.41) is 8.52. The minimum absolute atomic E-state index is 0.194. The van der Waals surface area contributed by atoms with Gasteiger partial charge in [-0.25, -0.2) is 0 Å². The van der Waals surface area contributed by atoms with E-state index in [-0.39, 0.29) is 18.3 Å². The second kappa shape index (κ2) is 13.7. The lowest BCUT2D eigenvalue weighted by Gasteiger charge is -2.29. The second-order valence-electron chi connectivity index (χ2n) is 10.0. The zero-order chi connectivity index (χ0) is 25.2. The molecule has 0 saturated carbocycles. The number of benzene rings is 1. The summed E-state index contributed by atoms with van der Waals surface area (Å²) in [6, 6.07) is 0. The van der Waals surface area contributed by atoms with Crippen LogP contribution in [0.25, 0.3) is 0 Å². The standard InChI is InChI=1S/C24H37NO3.C4H10O/c1-6-12-20-18(5)21(15-23(26)25-13-10-9-11-14-25)22(16-24(27)28-8-3)17(4)19(20)7-2;1-4(2,3)5/h6-16H2,1-5H3;5H,1-3H3. The van der Waals surface area contributed by atoms with Gasteiger partial charge >= 0.3 is 5.97 Å². The molecule has 1 aromatic rings. The fourth-order valence-electron chi connectivity index (χ4n) is 4.58. The number of carbonyl (C=O) groups excluding carboxylic acids is 2. The van der Waals surface area contributed by atoms with E-state index >= 15 is 0 Å². The summed E-state index contributed by atoms with van der Waals surface area (Å²) >= 11 is 0. The molecule has 1 saturated heterocycles. The highest BCUT2D eigenvalue weighted by Crippen LogP contribution is 2.31. The van der Waals surface area contributed by atoms with Crippen LogP contribution in [-0.4, -0.2) is 47.2 Å². The maximum absolute atomic E-state index is 13.0. The van der Waals surface area contributed by atoms with Gasteiger partial charge in [-0.05, 0) is 107 Å². The lowest BCUT2D eigenvalue weighted by Crippen LogP contribution is -2.37. The predicted molar refractivity (Wildman–Crippen MR) is 136 cm³/mol. The van der Waals surface area contributed by atoms with Crippen LogP contribution in [-0.2, 0) is 40.0 Å². The number of rotatable bonds is 8. The highest BCUT2D eigenvalue weighted by atomic mass is 16.5. The van der Waals surface area contributed by atoms with E-state index in [2.05, 4.69) is 27.7 Å². The molecule has 1 fully saturated rings. The molecule has 5 nitrogen and oxygen atoms in total. The molecule has 0 unspecified atom stereocenters. The van der Waals surface area contributed by atoms with E-state index in [0.29, 0.717) is 13.0 Å². The molecule has 1 amide bonds. The number of hydrogen-bond acceptors (Lipinski definition) is 4. The Balaban J connectivity index is 0.000000981. The van der Waals surface area contributed by atoms with Gasteiger partial charge in [0.05, 0.1) is 25.0 Å². The number of likely N-dealkylation sites (tertiary alicyclic amines) is 1. The summed E-state index contributed by atoms with van der Waals surface area (Å²) in [7, 11) is 0. The van der Waals surface area contributed by atoms with Crippen LogP contribution < -0.4 is 0 Å². The molecule has 5 heteroatoms. The topological polar surface area (TPSA) is 66.8 Å². The molecule has 0 aliphatic carbocycles. The summed E-state index contributed by atoms with van der Waals surface area (Å²) in [6.45, 7) is 17.8. The maximum Gasteiger partial charge on any atom is 0.310 e. The van der Waals surface area contributed by atoms with Crippen molar-refractivity contribution in [2.24, 2.45) is 0 Å². The van der Waals surface area contributed by atoms with Crippen LogP contribution >= 0.6 is 0 Å². The van der Waals surface area contributed by atoms with Gasteiger partial charge in [0.15, 0.2) is 0 Å². The Morgan fingerprint density at radius 3 is 1.88 bits per heavy atom.